The number of aromatic amines is 1. The second kappa shape index (κ2) is 11.5. The highest BCUT2D eigenvalue weighted by Crippen LogP contribution is 2.30. The molecule has 0 bridgehead atoms. The molecular weight excluding hydrogens is 502 g/mol. The molecule has 0 fully saturated rings. The molecule has 2 aromatic heterocycles. The molecule has 0 aliphatic carbocycles. The molecule has 3 aromatic carbocycles. The molecule has 40 heavy (non-hydrogen) atoms. The molecule has 9 nitrogen and oxygen atoms in total. The zero-order valence-electron chi connectivity index (χ0n) is 22.4. The summed E-state index contributed by atoms with van der Waals surface area (Å²) >= 11 is 0. The van der Waals surface area contributed by atoms with Crippen LogP contribution in [0.5, 0.6) is 0 Å². The Balaban J connectivity index is 1.30. The van der Waals surface area contributed by atoms with Crippen molar-refractivity contribution in [3.05, 3.63) is 96.2 Å². The molecule has 0 saturated carbocycles. The highest BCUT2D eigenvalue weighted by atomic mass is 16.6. The summed E-state index contributed by atoms with van der Waals surface area (Å²) in [4.78, 5) is 21.3. The molecular formula is C31H31N7O2. The Morgan fingerprint density at radius 1 is 0.950 bits per heavy atom. The van der Waals surface area contributed by atoms with Crippen LogP contribution in [-0.2, 0) is 22.6 Å². The summed E-state index contributed by atoms with van der Waals surface area (Å²) in [6.45, 7) is 2.57. The lowest BCUT2D eigenvalue weighted by atomic mass is 10.0. The number of aromatic nitrogens is 5. The summed E-state index contributed by atoms with van der Waals surface area (Å²) in [7, 11) is 0. The Morgan fingerprint density at radius 2 is 1.80 bits per heavy atom. The predicted molar refractivity (Wildman–Crippen MR) is 154 cm³/mol. The fourth-order valence-electron chi connectivity index (χ4n) is 5.23. The van der Waals surface area contributed by atoms with Gasteiger partial charge in [-0.3, -0.25) is 9.69 Å². The Labute approximate surface area is 232 Å². The number of rotatable bonds is 10. The summed E-state index contributed by atoms with van der Waals surface area (Å²) in [6, 6.07) is 26.5. The summed E-state index contributed by atoms with van der Waals surface area (Å²) in [5, 5.41) is 20.0. The van der Waals surface area contributed by atoms with Crippen LogP contribution < -0.4 is 0 Å². The Hall–Kier alpha value is -4.79. The van der Waals surface area contributed by atoms with Crippen LogP contribution in [0.2, 0.25) is 0 Å². The minimum absolute atomic E-state index is 0.0309. The molecule has 1 aliphatic heterocycles. The number of fused-ring (bicyclic) bond motifs is 1. The maximum Gasteiger partial charge on any atom is 0.272 e. The Bertz CT molecular complexity index is 1630. The van der Waals surface area contributed by atoms with Crippen LogP contribution >= 0.6 is 0 Å². The molecule has 5 aromatic rings. The van der Waals surface area contributed by atoms with Gasteiger partial charge in [-0.1, -0.05) is 73.1 Å². The second-order valence-corrected chi connectivity index (χ2v) is 9.96. The number of nitrogens with one attached hydrogen (secondary N) is 1. The average molecular weight is 534 g/mol. The average Bonchev–Trinajstić information content (AvgIpc) is 3.69. The number of amidine groups is 1. The second-order valence-electron chi connectivity index (χ2n) is 9.96. The van der Waals surface area contributed by atoms with E-state index in [-0.39, 0.29) is 5.91 Å². The molecule has 0 radical (unpaired) electrons. The van der Waals surface area contributed by atoms with Gasteiger partial charge in [0.25, 0.3) is 5.91 Å². The van der Waals surface area contributed by atoms with Gasteiger partial charge in [-0.15, -0.1) is 5.10 Å². The van der Waals surface area contributed by atoms with Gasteiger partial charge in [0.15, 0.2) is 11.7 Å². The fourth-order valence-corrected chi connectivity index (χ4v) is 5.23. The number of amides is 1. The van der Waals surface area contributed by atoms with Gasteiger partial charge in [-0.2, -0.15) is 0 Å². The number of carbonyl (C=O) groups excluding carboxylic acids is 1. The zero-order chi connectivity index (χ0) is 27.3. The predicted octanol–water partition coefficient (Wildman–Crippen LogP) is 5.67. The van der Waals surface area contributed by atoms with Crippen molar-refractivity contribution in [1.29, 1.82) is 0 Å². The number of hydrogen-bond acceptors (Lipinski definition) is 6. The van der Waals surface area contributed by atoms with E-state index in [1.807, 2.05) is 59.6 Å². The van der Waals surface area contributed by atoms with Crippen molar-refractivity contribution in [1.82, 2.24) is 30.1 Å². The van der Waals surface area contributed by atoms with E-state index >= 15 is 0 Å². The van der Waals surface area contributed by atoms with Gasteiger partial charge >= 0.3 is 0 Å². The van der Waals surface area contributed by atoms with E-state index in [1.54, 1.807) is 0 Å². The van der Waals surface area contributed by atoms with Crippen molar-refractivity contribution in [3.63, 3.8) is 0 Å². The third-order valence-electron chi connectivity index (χ3n) is 7.35. The smallest absolute Gasteiger partial charge is 0.272 e. The van der Waals surface area contributed by atoms with Crippen molar-refractivity contribution in [3.8, 4) is 17.1 Å². The third-order valence-corrected chi connectivity index (χ3v) is 7.35. The number of para-hydroxylation sites is 1. The van der Waals surface area contributed by atoms with Crippen molar-refractivity contribution in [2.45, 2.75) is 51.7 Å². The van der Waals surface area contributed by atoms with E-state index in [0.29, 0.717) is 31.0 Å². The quantitative estimate of drug-likeness (QED) is 0.249. The highest BCUT2D eigenvalue weighted by molar-refractivity contribution is 6.01. The minimum Gasteiger partial charge on any atom is -0.381 e. The largest absolute Gasteiger partial charge is 0.381 e. The van der Waals surface area contributed by atoms with Gasteiger partial charge in [0.1, 0.15) is 0 Å². The summed E-state index contributed by atoms with van der Waals surface area (Å²) in [6.07, 6.45) is 5.43. The number of nitrogens with zero attached hydrogens (tertiary/aromatic N) is 6. The van der Waals surface area contributed by atoms with Gasteiger partial charge in [-0.25, -0.2) is 5.10 Å². The van der Waals surface area contributed by atoms with Crippen LogP contribution in [0.3, 0.4) is 0 Å². The van der Waals surface area contributed by atoms with Gasteiger partial charge < -0.3 is 9.40 Å². The SMILES string of the molecule is CCCCC1=NOC(CCc2ccccc2)C(=O)N1Cc1cccc2c1ccn2-c1ccccc1-c1nnn[nH]1. The molecule has 0 saturated heterocycles. The van der Waals surface area contributed by atoms with Crippen molar-refractivity contribution >= 4 is 22.6 Å². The molecule has 1 amide bonds. The number of hydrogen-bond donors (Lipinski definition) is 1. The molecule has 0 spiro atoms. The molecule has 1 N–H and O–H groups in total. The Morgan fingerprint density at radius 3 is 2.62 bits per heavy atom. The first kappa shape index (κ1) is 25.5. The van der Waals surface area contributed by atoms with E-state index < -0.39 is 6.10 Å². The van der Waals surface area contributed by atoms with E-state index in [9.17, 15) is 4.79 Å². The van der Waals surface area contributed by atoms with Crippen LogP contribution in [0.25, 0.3) is 28.0 Å². The van der Waals surface area contributed by atoms with Crippen molar-refractivity contribution < 1.29 is 9.63 Å². The van der Waals surface area contributed by atoms with Crippen LogP contribution in [0, 0.1) is 0 Å². The minimum atomic E-state index is -0.600. The standard InChI is InChI=1S/C31H31N7O2/c1-2-3-16-29-34-40-28(18-17-22-10-5-4-6-11-22)31(39)38(29)21-23-12-9-15-26-24(23)19-20-37(26)27-14-8-7-13-25(27)30-32-35-36-33-30/h4-15,19-20,28H,2-3,16-18,21H2,1H3,(H,32,33,35,36). The van der Waals surface area contributed by atoms with Gasteiger partial charge in [0.2, 0.25) is 6.10 Å². The first-order valence-electron chi connectivity index (χ1n) is 13.7. The number of aryl methyl sites for hydroxylation is 1. The van der Waals surface area contributed by atoms with E-state index in [0.717, 1.165) is 47.0 Å². The molecule has 1 aliphatic rings. The molecule has 9 heteroatoms. The lowest BCUT2D eigenvalue weighted by Gasteiger charge is -2.31. The fraction of sp³-hybridized carbons (Fsp3) is 0.258. The zero-order valence-corrected chi connectivity index (χ0v) is 22.4. The lowest BCUT2D eigenvalue weighted by molar-refractivity contribution is -0.144. The molecule has 3 heterocycles. The molecule has 6 rings (SSSR count). The van der Waals surface area contributed by atoms with Crippen LogP contribution in [0.1, 0.15) is 43.7 Å². The first-order valence-corrected chi connectivity index (χ1v) is 13.7. The number of H-pyrrole nitrogens is 1. The first-order chi connectivity index (χ1) is 19.7. The van der Waals surface area contributed by atoms with E-state index in [2.05, 4.69) is 67.6 Å². The summed E-state index contributed by atoms with van der Waals surface area (Å²) in [5.41, 5.74) is 5.12. The number of carbonyl (C=O) groups is 1. The van der Waals surface area contributed by atoms with Gasteiger partial charge in [-0.05, 0) is 58.7 Å². The molecule has 1 atom stereocenters. The van der Waals surface area contributed by atoms with E-state index in [1.165, 1.54) is 5.56 Å². The van der Waals surface area contributed by atoms with Crippen LogP contribution in [-0.4, -0.2) is 47.9 Å². The molecule has 202 valence electrons. The van der Waals surface area contributed by atoms with Gasteiger partial charge in [0.05, 0.1) is 17.7 Å². The van der Waals surface area contributed by atoms with E-state index in [4.69, 9.17) is 4.84 Å². The maximum absolute atomic E-state index is 13.8. The summed E-state index contributed by atoms with van der Waals surface area (Å²) in [5.74, 6) is 1.27. The van der Waals surface area contributed by atoms with Crippen LogP contribution in [0.4, 0.5) is 0 Å². The lowest BCUT2D eigenvalue weighted by Crippen LogP contribution is -2.47. The van der Waals surface area contributed by atoms with Crippen molar-refractivity contribution in [2.75, 3.05) is 0 Å². The topological polar surface area (TPSA) is 101 Å². The number of benzene rings is 3. The van der Waals surface area contributed by atoms with Gasteiger partial charge in [0, 0.05) is 30.0 Å². The Kier molecular flexibility index (Phi) is 7.34. The van der Waals surface area contributed by atoms with Crippen LogP contribution in [0.15, 0.2) is 90.2 Å². The highest BCUT2D eigenvalue weighted by Gasteiger charge is 2.34. The number of unbranched alkanes of at least 4 members (excludes halogenated alkanes) is 1. The maximum atomic E-state index is 13.8. The molecule has 1 unspecified atom stereocenters. The number of tetrazole rings is 1. The normalized spacial score (nSPS) is 15.3. The summed E-state index contributed by atoms with van der Waals surface area (Å²) < 4.78 is 2.13. The monoisotopic (exact) mass is 533 g/mol. The number of oxime groups is 1. The third kappa shape index (κ3) is 5.10. The van der Waals surface area contributed by atoms with Crippen molar-refractivity contribution in [2.24, 2.45) is 5.16 Å².